The quantitative estimate of drug-likeness (QED) is 0.461. The number of methoxy groups -OCH3 is 2. The number of hydrogen-bond acceptors (Lipinski definition) is 8. The monoisotopic (exact) mass is 439 g/mol. The van der Waals surface area contributed by atoms with E-state index in [1.54, 1.807) is 31.0 Å². The van der Waals surface area contributed by atoms with Crippen molar-refractivity contribution in [1.29, 1.82) is 0 Å². The summed E-state index contributed by atoms with van der Waals surface area (Å²) in [5.41, 5.74) is 2.92. The Bertz CT molecular complexity index is 1240. The van der Waals surface area contributed by atoms with Gasteiger partial charge < -0.3 is 18.7 Å². The van der Waals surface area contributed by atoms with Crippen LogP contribution in [0.15, 0.2) is 47.0 Å². The number of halogens is 1. The number of hydrogen-bond donors (Lipinski definition) is 0. The van der Waals surface area contributed by atoms with Gasteiger partial charge in [-0.05, 0) is 24.3 Å². The van der Waals surface area contributed by atoms with Crippen LogP contribution >= 0.6 is 11.6 Å². The number of ether oxygens (including phenoxy) is 3. The van der Waals surface area contributed by atoms with E-state index in [9.17, 15) is 0 Å². The van der Waals surface area contributed by atoms with Gasteiger partial charge in [0.25, 0.3) is 5.89 Å². The first-order valence-electron chi connectivity index (χ1n) is 9.52. The molecule has 0 amide bonds. The number of fused-ring (bicyclic) bond motifs is 1. The molecular weight excluding hydrogens is 422 g/mol. The van der Waals surface area contributed by atoms with E-state index in [1.165, 1.54) is 0 Å². The Morgan fingerprint density at radius 3 is 2.74 bits per heavy atom. The van der Waals surface area contributed by atoms with Crippen molar-refractivity contribution in [2.75, 3.05) is 14.2 Å². The summed E-state index contributed by atoms with van der Waals surface area (Å²) >= 11 is 6.31. The van der Waals surface area contributed by atoms with E-state index >= 15 is 0 Å². The fourth-order valence-electron chi connectivity index (χ4n) is 3.52. The van der Waals surface area contributed by atoms with Crippen LogP contribution in [0.3, 0.4) is 0 Å². The van der Waals surface area contributed by atoms with Crippen molar-refractivity contribution in [3.8, 4) is 34.5 Å². The minimum Gasteiger partial charge on any atom is -0.493 e. The Morgan fingerprint density at radius 2 is 1.94 bits per heavy atom. The van der Waals surface area contributed by atoms with Crippen molar-refractivity contribution >= 4 is 11.6 Å². The molecule has 158 valence electrons. The van der Waals surface area contributed by atoms with Gasteiger partial charge >= 0.3 is 0 Å². The molecule has 1 aliphatic heterocycles. The van der Waals surface area contributed by atoms with Crippen LogP contribution in [0, 0.1) is 0 Å². The van der Waals surface area contributed by atoms with Crippen LogP contribution in [0.4, 0.5) is 0 Å². The highest BCUT2D eigenvalue weighted by atomic mass is 35.5. The fourth-order valence-corrected chi connectivity index (χ4v) is 3.77. The molecule has 3 heterocycles. The summed E-state index contributed by atoms with van der Waals surface area (Å²) in [5, 5.41) is 13.3. The molecule has 10 heteroatoms. The molecule has 2 aromatic carbocycles. The Hall–Kier alpha value is -3.43. The largest absolute Gasteiger partial charge is 0.493 e. The van der Waals surface area contributed by atoms with E-state index in [2.05, 4.69) is 20.5 Å². The maximum atomic E-state index is 6.31. The molecule has 0 bridgehead atoms. The van der Waals surface area contributed by atoms with Crippen molar-refractivity contribution in [3.63, 3.8) is 0 Å². The lowest BCUT2D eigenvalue weighted by Gasteiger charge is -2.24. The minimum atomic E-state index is -0.205. The molecule has 0 unspecified atom stereocenters. The van der Waals surface area contributed by atoms with Crippen molar-refractivity contribution < 1.29 is 18.7 Å². The normalized spacial score (nSPS) is 15.5. The van der Waals surface area contributed by atoms with Gasteiger partial charge in [-0.25, -0.2) is 4.68 Å². The van der Waals surface area contributed by atoms with Crippen molar-refractivity contribution in [2.45, 2.75) is 19.3 Å². The lowest BCUT2D eigenvalue weighted by molar-refractivity contribution is -0.00106. The third kappa shape index (κ3) is 3.51. The molecule has 0 spiro atoms. The summed E-state index contributed by atoms with van der Waals surface area (Å²) in [7, 11) is 3.15. The maximum absolute atomic E-state index is 6.31. The van der Waals surface area contributed by atoms with Gasteiger partial charge in [-0.3, -0.25) is 0 Å². The summed E-state index contributed by atoms with van der Waals surface area (Å²) in [5.74, 6) is 1.86. The summed E-state index contributed by atoms with van der Waals surface area (Å²) in [4.78, 5) is 4.49. The van der Waals surface area contributed by atoms with Crippen LogP contribution in [-0.4, -0.2) is 39.4 Å². The minimum absolute atomic E-state index is 0.205. The number of benzene rings is 2. The molecule has 5 rings (SSSR count). The lowest BCUT2D eigenvalue weighted by Crippen LogP contribution is -2.22. The van der Waals surface area contributed by atoms with Gasteiger partial charge in [-0.15, -0.1) is 5.10 Å². The van der Waals surface area contributed by atoms with Crippen molar-refractivity contribution in [2.24, 2.45) is 0 Å². The smallest absolute Gasteiger partial charge is 0.258 e. The highest BCUT2D eigenvalue weighted by Crippen LogP contribution is 2.35. The summed E-state index contributed by atoms with van der Waals surface area (Å²) < 4.78 is 23.9. The zero-order chi connectivity index (χ0) is 21.4. The first-order valence-corrected chi connectivity index (χ1v) is 9.90. The van der Waals surface area contributed by atoms with E-state index < -0.39 is 0 Å². The molecular formula is C21H18ClN5O4. The molecule has 1 atom stereocenters. The molecule has 0 saturated heterocycles. The molecule has 0 N–H and O–H groups in total. The second-order valence-corrected chi connectivity index (χ2v) is 7.29. The molecule has 1 aliphatic rings. The third-order valence-electron chi connectivity index (χ3n) is 5.12. The Kier molecular flexibility index (Phi) is 5.05. The van der Waals surface area contributed by atoms with Gasteiger partial charge in [0.1, 0.15) is 6.10 Å². The lowest BCUT2D eigenvalue weighted by atomic mass is 10.1. The Balaban J connectivity index is 1.42. The molecule has 31 heavy (non-hydrogen) atoms. The summed E-state index contributed by atoms with van der Waals surface area (Å²) in [6.45, 7) is 0.797. The average Bonchev–Trinajstić information content (AvgIpc) is 3.45. The van der Waals surface area contributed by atoms with Crippen molar-refractivity contribution in [3.05, 3.63) is 58.7 Å². The fraction of sp³-hybridized carbons (Fsp3) is 0.238. The molecule has 0 saturated carbocycles. The van der Waals surface area contributed by atoms with Crippen LogP contribution in [0.25, 0.3) is 23.0 Å². The van der Waals surface area contributed by atoms with Gasteiger partial charge in [0.05, 0.1) is 33.1 Å². The second kappa shape index (κ2) is 8.01. The van der Waals surface area contributed by atoms with Crippen molar-refractivity contribution in [1.82, 2.24) is 25.1 Å². The molecule has 0 fully saturated rings. The average molecular weight is 440 g/mol. The molecule has 9 nitrogen and oxygen atoms in total. The number of nitrogens with zero attached hydrogens (tertiary/aromatic N) is 5. The highest BCUT2D eigenvalue weighted by Gasteiger charge is 2.28. The van der Waals surface area contributed by atoms with Gasteiger partial charge in [-0.1, -0.05) is 40.2 Å². The van der Waals surface area contributed by atoms with E-state index in [1.807, 2.05) is 30.3 Å². The van der Waals surface area contributed by atoms with Gasteiger partial charge in [0.15, 0.2) is 17.2 Å². The molecule has 4 aromatic rings. The second-order valence-electron chi connectivity index (χ2n) is 6.88. The maximum Gasteiger partial charge on any atom is 0.258 e. The van der Waals surface area contributed by atoms with Crippen LogP contribution in [0.1, 0.15) is 17.4 Å². The summed E-state index contributed by atoms with van der Waals surface area (Å²) in [6, 6.07) is 13.0. The summed E-state index contributed by atoms with van der Waals surface area (Å²) in [6.07, 6.45) is -0.205. The predicted molar refractivity (Wildman–Crippen MR) is 111 cm³/mol. The van der Waals surface area contributed by atoms with Crippen LogP contribution < -0.4 is 9.47 Å². The molecule has 0 aliphatic carbocycles. The Morgan fingerprint density at radius 1 is 1.10 bits per heavy atom. The van der Waals surface area contributed by atoms with E-state index in [0.29, 0.717) is 52.6 Å². The zero-order valence-corrected chi connectivity index (χ0v) is 17.5. The third-order valence-corrected chi connectivity index (χ3v) is 5.46. The predicted octanol–water partition coefficient (Wildman–Crippen LogP) is 3.94. The molecule has 2 aromatic heterocycles. The van der Waals surface area contributed by atoms with Gasteiger partial charge in [0.2, 0.25) is 5.82 Å². The van der Waals surface area contributed by atoms with E-state index in [0.717, 1.165) is 11.3 Å². The van der Waals surface area contributed by atoms with Gasteiger partial charge in [0, 0.05) is 16.1 Å². The van der Waals surface area contributed by atoms with Crippen LogP contribution in [0.2, 0.25) is 5.02 Å². The number of rotatable bonds is 5. The van der Waals surface area contributed by atoms with Gasteiger partial charge in [-0.2, -0.15) is 4.98 Å². The van der Waals surface area contributed by atoms with E-state index in [4.69, 9.17) is 30.3 Å². The zero-order valence-electron chi connectivity index (χ0n) is 16.8. The van der Waals surface area contributed by atoms with Crippen LogP contribution in [0.5, 0.6) is 11.5 Å². The highest BCUT2D eigenvalue weighted by molar-refractivity contribution is 6.31. The topological polar surface area (TPSA) is 97.3 Å². The van der Waals surface area contributed by atoms with E-state index in [-0.39, 0.29) is 6.10 Å². The van der Waals surface area contributed by atoms with Crippen LogP contribution in [-0.2, 0) is 17.9 Å². The molecule has 0 radical (unpaired) electrons. The SMILES string of the molecule is COc1ccc(-c2nc(-c3nnn4c3CO[C@H](c3ccccc3Cl)C4)no2)cc1OC. The number of aromatic nitrogens is 5. The first kappa shape index (κ1) is 19.5. The Labute approximate surface area is 182 Å². The first-order chi connectivity index (χ1) is 15.2. The standard InChI is InChI=1S/C21H18ClN5O4/c1-28-16-8-7-12(9-17(16)29-2)21-23-20(25-31-21)19-15-11-30-18(10-27(15)26-24-19)13-5-3-4-6-14(13)22/h3-9,18H,10-11H2,1-2H3/t18-/m0/s1.